The van der Waals surface area contributed by atoms with Crippen LogP contribution < -0.4 is 16.0 Å². The number of hydrogen-bond donors (Lipinski definition) is 3. The maximum Gasteiger partial charge on any atom is 0.325 e. The van der Waals surface area contributed by atoms with Crippen molar-refractivity contribution in [3.63, 3.8) is 0 Å². The summed E-state index contributed by atoms with van der Waals surface area (Å²) in [6.45, 7) is 1.76. The Morgan fingerprint density at radius 1 is 1.30 bits per heavy atom. The van der Waals surface area contributed by atoms with Crippen molar-refractivity contribution in [3.05, 3.63) is 39.9 Å². The number of aromatic nitrogens is 1. The zero-order chi connectivity index (χ0) is 13.9. The Kier molecular flexibility index (Phi) is 3.86. The molecule has 0 saturated carbocycles. The van der Waals surface area contributed by atoms with Gasteiger partial charge in [0.15, 0.2) is 5.13 Å². The van der Waals surface area contributed by atoms with Crippen molar-refractivity contribution in [2.45, 2.75) is 13.0 Å². The Hall–Kier alpha value is -1.63. The number of hydrogen-bond acceptors (Lipinski definition) is 4. The van der Waals surface area contributed by atoms with Crippen molar-refractivity contribution in [3.8, 4) is 0 Å². The van der Waals surface area contributed by atoms with Crippen LogP contribution in [0.1, 0.15) is 10.6 Å². The van der Waals surface area contributed by atoms with Crippen LogP contribution in [0.4, 0.5) is 15.6 Å². The van der Waals surface area contributed by atoms with Gasteiger partial charge in [-0.3, -0.25) is 5.32 Å². The van der Waals surface area contributed by atoms with Gasteiger partial charge in [0.2, 0.25) is 0 Å². The maximum atomic E-state index is 11.9. The lowest BCUT2D eigenvalue weighted by Crippen LogP contribution is -2.22. The molecule has 0 radical (unpaired) electrons. The molecule has 20 heavy (non-hydrogen) atoms. The molecule has 1 aromatic carbocycles. The molecule has 3 rings (SSSR count). The first kappa shape index (κ1) is 13.4. The molecule has 7 heteroatoms. The molecule has 3 N–H and O–H groups in total. The summed E-state index contributed by atoms with van der Waals surface area (Å²) in [7, 11) is 0. The third-order valence-corrected chi connectivity index (χ3v) is 4.19. The summed E-state index contributed by atoms with van der Waals surface area (Å²) in [5, 5.41) is 10.0. The number of carbonyl (C=O) groups excluding carboxylic acids is 1. The second kappa shape index (κ2) is 5.78. The highest BCUT2D eigenvalue weighted by molar-refractivity contribution is 7.15. The van der Waals surface area contributed by atoms with Gasteiger partial charge >= 0.3 is 6.03 Å². The van der Waals surface area contributed by atoms with Gasteiger partial charge in [-0.05, 0) is 24.3 Å². The smallest absolute Gasteiger partial charge is 0.311 e. The fourth-order valence-corrected chi connectivity index (χ4v) is 3.07. The zero-order valence-electron chi connectivity index (χ0n) is 10.6. The summed E-state index contributed by atoms with van der Waals surface area (Å²) < 4.78 is 0. The van der Waals surface area contributed by atoms with Crippen LogP contribution in [-0.2, 0) is 13.0 Å². The number of urea groups is 1. The first-order chi connectivity index (χ1) is 9.70. The van der Waals surface area contributed by atoms with E-state index >= 15 is 0 Å². The van der Waals surface area contributed by atoms with E-state index in [0.717, 1.165) is 25.2 Å². The highest BCUT2D eigenvalue weighted by atomic mass is 35.5. The van der Waals surface area contributed by atoms with Crippen LogP contribution in [0, 0.1) is 0 Å². The SMILES string of the molecule is O=C(Nc1ccc(Cl)cc1)Nc1nc2c(s1)CNCC2. The average molecular weight is 309 g/mol. The lowest BCUT2D eigenvalue weighted by atomic mass is 10.2. The topological polar surface area (TPSA) is 66.0 Å². The van der Waals surface area contributed by atoms with Crippen LogP contribution >= 0.6 is 22.9 Å². The standard InChI is InChI=1S/C13H13ClN4OS/c14-8-1-3-9(4-2-8)16-12(19)18-13-17-10-5-6-15-7-11(10)20-13/h1-4,15H,5-7H2,(H2,16,17,18,19). The molecule has 1 aromatic heterocycles. The predicted octanol–water partition coefficient (Wildman–Crippen LogP) is 3.09. The number of anilines is 2. The summed E-state index contributed by atoms with van der Waals surface area (Å²) in [4.78, 5) is 17.5. The van der Waals surface area contributed by atoms with Crippen LogP contribution in [0.3, 0.4) is 0 Å². The second-order valence-corrected chi connectivity index (χ2v) is 5.92. The minimum Gasteiger partial charge on any atom is -0.311 e. The van der Waals surface area contributed by atoms with Crippen LogP contribution in [-0.4, -0.2) is 17.6 Å². The fraction of sp³-hybridized carbons (Fsp3) is 0.231. The molecule has 0 atom stereocenters. The Balaban J connectivity index is 1.63. The number of nitrogens with zero attached hydrogens (tertiary/aromatic N) is 1. The molecule has 2 amide bonds. The number of amides is 2. The van der Waals surface area contributed by atoms with Crippen LogP contribution in [0.25, 0.3) is 0 Å². The van der Waals surface area contributed by atoms with Crippen molar-refractivity contribution in [1.82, 2.24) is 10.3 Å². The molecule has 0 saturated heterocycles. The quantitative estimate of drug-likeness (QED) is 0.798. The summed E-state index contributed by atoms with van der Waals surface area (Å²) in [5.74, 6) is 0. The molecule has 0 unspecified atom stereocenters. The number of halogens is 1. The first-order valence-electron chi connectivity index (χ1n) is 6.23. The van der Waals surface area contributed by atoms with Gasteiger partial charge in [-0.2, -0.15) is 0 Å². The Morgan fingerprint density at radius 2 is 2.10 bits per heavy atom. The fourth-order valence-electron chi connectivity index (χ4n) is 1.97. The number of carbonyl (C=O) groups is 1. The van der Waals surface area contributed by atoms with Crippen molar-refractivity contribution in [2.24, 2.45) is 0 Å². The van der Waals surface area contributed by atoms with Gasteiger partial charge in [-0.15, -0.1) is 11.3 Å². The van der Waals surface area contributed by atoms with Crippen molar-refractivity contribution >= 4 is 39.8 Å². The van der Waals surface area contributed by atoms with Gasteiger partial charge in [0, 0.05) is 35.1 Å². The van der Waals surface area contributed by atoms with E-state index in [1.165, 1.54) is 16.2 Å². The molecule has 1 aliphatic heterocycles. The number of rotatable bonds is 2. The molecule has 104 valence electrons. The zero-order valence-corrected chi connectivity index (χ0v) is 12.1. The number of thiazole rings is 1. The monoisotopic (exact) mass is 308 g/mol. The highest BCUT2D eigenvalue weighted by Gasteiger charge is 2.15. The summed E-state index contributed by atoms with van der Waals surface area (Å²) >= 11 is 7.30. The molecular formula is C13H13ClN4OS. The number of fused-ring (bicyclic) bond motifs is 1. The third kappa shape index (κ3) is 3.09. The predicted molar refractivity (Wildman–Crippen MR) is 81.6 cm³/mol. The van der Waals surface area contributed by atoms with E-state index in [2.05, 4.69) is 20.9 Å². The Morgan fingerprint density at radius 3 is 2.85 bits per heavy atom. The Labute approximate surface area is 125 Å². The lowest BCUT2D eigenvalue weighted by molar-refractivity contribution is 0.262. The van der Waals surface area contributed by atoms with Gasteiger partial charge < -0.3 is 10.6 Å². The van der Waals surface area contributed by atoms with E-state index in [1.807, 2.05) is 0 Å². The summed E-state index contributed by atoms with van der Waals surface area (Å²) in [5.41, 5.74) is 1.77. The van der Waals surface area contributed by atoms with Crippen molar-refractivity contribution < 1.29 is 4.79 Å². The number of benzene rings is 1. The minimum atomic E-state index is -0.300. The van der Waals surface area contributed by atoms with E-state index in [-0.39, 0.29) is 6.03 Å². The molecule has 5 nitrogen and oxygen atoms in total. The van der Waals surface area contributed by atoms with Gasteiger partial charge in [0.05, 0.1) is 5.69 Å². The lowest BCUT2D eigenvalue weighted by Gasteiger charge is -2.09. The van der Waals surface area contributed by atoms with Crippen molar-refractivity contribution in [2.75, 3.05) is 17.2 Å². The second-order valence-electron chi connectivity index (χ2n) is 4.40. The third-order valence-electron chi connectivity index (χ3n) is 2.92. The minimum absolute atomic E-state index is 0.300. The van der Waals surface area contributed by atoms with E-state index in [4.69, 9.17) is 11.6 Å². The molecule has 0 aliphatic carbocycles. The van der Waals surface area contributed by atoms with E-state index in [9.17, 15) is 4.79 Å². The van der Waals surface area contributed by atoms with E-state index in [0.29, 0.717) is 15.8 Å². The van der Waals surface area contributed by atoms with Gasteiger partial charge in [0.1, 0.15) is 0 Å². The molecular weight excluding hydrogens is 296 g/mol. The largest absolute Gasteiger partial charge is 0.325 e. The molecule has 0 spiro atoms. The molecule has 0 fully saturated rings. The van der Waals surface area contributed by atoms with Crippen LogP contribution in [0.5, 0.6) is 0 Å². The summed E-state index contributed by atoms with van der Waals surface area (Å²) in [6, 6.07) is 6.65. The maximum absolute atomic E-state index is 11.9. The first-order valence-corrected chi connectivity index (χ1v) is 7.43. The molecule has 2 aromatic rings. The van der Waals surface area contributed by atoms with Crippen LogP contribution in [0.15, 0.2) is 24.3 Å². The normalized spacial score (nSPS) is 13.7. The van der Waals surface area contributed by atoms with Crippen LogP contribution in [0.2, 0.25) is 5.02 Å². The van der Waals surface area contributed by atoms with Gasteiger partial charge in [-0.1, -0.05) is 11.6 Å². The highest BCUT2D eigenvalue weighted by Crippen LogP contribution is 2.25. The molecule has 1 aliphatic rings. The van der Waals surface area contributed by atoms with E-state index < -0.39 is 0 Å². The summed E-state index contributed by atoms with van der Waals surface area (Å²) in [6.07, 6.45) is 0.909. The molecule has 2 heterocycles. The van der Waals surface area contributed by atoms with Gasteiger partial charge in [-0.25, -0.2) is 9.78 Å². The van der Waals surface area contributed by atoms with Gasteiger partial charge in [0.25, 0.3) is 0 Å². The molecule has 0 bridgehead atoms. The number of nitrogens with one attached hydrogen (secondary N) is 3. The average Bonchev–Trinajstić information content (AvgIpc) is 2.83. The van der Waals surface area contributed by atoms with Crippen molar-refractivity contribution in [1.29, 1.82) is 0 Å². The van der Waals surface area contributed by atoms with E-state index in [1.54, 1.807) is 24.3 Å². The Bertz CT molecular complexity index is 602.